The summed E-state index contributed by atoms with van der Waals surface area (Å²) in [6.07, 6.45) is 8.29. The van der Waals surface area contributed by atoms with E-state index < -0.39 is 0 Å². The summed E-state index contributed by atoms with van der Waals surface area (Å²) in [7, 11) is 0. The summed E-state index contributed by atoms with van der Waals surface area (Å²) in [5, 5.41) is 7.57. The summed E-state index contributed by atoms with van der Waals surface area (Å²) < 4.78 is 0. The van der Waals surface area contributed by atoms with Gasteiger partial charge in [-0.05, 0) is 74.7 Å². The minimum atomic E-state index is 0.0346. The van der Waals surface area contributed by atoms with Gasteiger partial charge in [-0.3, -0.25) is 0 Å². The van der Waals surface area contributed by atoms with Crippen LogP contribution < -0.4 is 10.6 Å². The molecule has 0 radical (unpaired) electrons. The van der Waals surface area contributed by atoms with Crippen LogP contribution in [0.5, 0.6) is 0 Å². The van der Waals surface area contributed by atoms with Crippen LogP contribution in [0.1, 0.15) is 57.1 Å². The smallest absolute Gasteiger partial charge is 0.0541 e. The molecule has 1 saturated carbocycles. The van der Waals surface area contributed by atoms with Crippen molar-refractivity contribution in [2.24, 2.45) is 5.92 Å². The second-order valence-corrected chi connectivity index (χ2v) is 10.7. The number of benzene rings is 1. The van der Waals surface area contributed by atoms with Gasteiger partial charge in [-0.15, -0.1) is 0 Å². The third-order valence-corrected chi connectivity index (χ3v) is 7.70. The molecule has 5 rings (SSSR count). The summed E-state index contributed by atoms with van der Waals surface area (Å²) in [5.74, 6) is 0.719. The summed E-state index contributed by atoms with van der Waals surface area (Å²) in [6, 6.07) is 8.65. The Labute approximate surface area is 193 Å². The molecule has 0 amide bonds. The number of nitrogens with zero attached hydrogens (tertiary/aromatic N) is 1. The fraction of sp³-hybridized carbons (Fsp3) is 0.448. The predicted molar refractivity (Wildman–Crippen MR) is 135 cm³/mol. The van der Waals surface area contributed by atoms with Gasteiger partial charge < -0.3 is 15.5 Å². The zero-order chi connectivity index (χ0) is 22.5. The molecule has 0 bridgehead atoms. The molecule has 0 aromatic heterocycles. The van der Waals surface area contributed by atoms with Crippen molar-refractivity contribution < 1.29 is 0 Å². The number of nitrogens with one attached hydrogen (secondary N) is 2. The largest absolute Gasteiger partial charge is 0.383 e. The second kappa shape index (κ2) is 8.03. The van der Waals surface area contributed by atoms with Gasteiger partial charge in [-0.1, -0.05) is 54.6 Å². The molecule has 3 heteroatoms. The molecular formula is C29H37N3. The van der Waals surface area contributed by atoms with Crippen LogP contribution in [-0.4, -0.2) is 30.1 Å². The van der Waals surface area contributed by atoms with Crippen LogP contribution in [-0.2, 0) is 0 Å². The Hall–Kier alpha value is -2.68. The summed E-state index contributed by atoms with van der Waals surface area (Å²) in [5.41, 5.74) is 12.5. The van der Waals surface area contributed by atoms with E-state index in [0.29, 0.717) is 0 Å². The van der Waals surface area contributed by atoms with Crippen LogP contribution in [0.15, 0.2) is 77.2 Å². The lowest BCUT2D eigenvalue weighted by Crippen LogP contribution is -2.45. The third kappa shape index (κ3) is 4.30. The number of fused-ring (bicyclic) bond motifs is 1. The van der Waals surface area contributed by atoms with E-state index in [1.54, 1.807) is 11.1 Å². The lowest BCUT2D eigenvalue weighted by molar-refractivity contribution is 0.339. The van der Waals surface area contributed by atoms with E-state index in [2.05, 4.69) is 79.8 Å². The molecule has 1 aromatic rings. The van der Waals surface area contributed by atoms with Crippen molar-refractivity contribution in [3.05, 3.63) is 88.3 Å². The van der Waals surface area contributed by atoms with E-state index in [4.69, 9.17) is 0 Å². The Morgan fingerprint density at radius 3 is 2.69 bits per heavy atom. The Bertz CT molecular complexity index is 1050. The van der Waals surface area contributed by atoms with Gasteiger partial charge in [0.15, 0.2) is 0 Å². The van der Waals surface area contributed by atoms with Crippen molar-refractivity contribution in [3.63, 3.8) is 0 Å². The van der Waals surface area contributed by atoms with E-state index in [1.807, 2.05) is 0 Å². The van der Waals surface area contributed by atoms with Gasteiger partial charge in [0.05, 0.1) is 6.54 Å². The molecular weight excluding hydrogens is 390 g/mol. The van der Waals surface area contributed by atoms with Gasteiger partial charge >= 0.3 is 0 Å². The molecule has 3 nitrogen and oxygen atoms in total. The summed E-state index contributed by atoms with van der Waals surface area (Å²) in [4.78, 5) is 2.46. The molecule has 32 heavy (non-hydrogen) atoms. The fourth-order valence-electron chi connectivity index (χ4n) is 5.71. The van der Waals surface area contributed by atoms with Crippen LogP contribution in [0.3, 0.4) is 0 Å². The quantitative estimate of drug-likeness (QED) is 0.573. The molecule has 2 N–H and O–H groups in total. The van der Waals surface area contributed by atoms with E-state index in [1.165, 1.54) is 59.4 Å². The maximum absolute atomic E-state index is 4.43. The Morgan fingerprint density at radius 1 is 1.12 bits per heavy atom. The highest BCUT2D eigenvalue weighted by atomic mass is 15.2. The van der Waals surface area contributed by atoms with Crippen molar-refractivity contribution in [1.29, 1.82) is 0 Å². The van der Waals surface area contributed by atoms with Gasteiger partial charge in [-0.25, -0.2) is 0 Å². The first kappa shape index (κ1) is 21.2. The monoisotopic (exact) mass is 427 g/mol. The average molecular weight is 428 g/mol. The van der Waals surface area contributed by atoms with Crippen molar-refractivity contribution in [3.8, 4) is 0 Å². The standard InChI is InChI=1S/C29H37N3/c1-19-6-9-23(10-7-19)22(4)31-29(5)14-25-13-27(25)28(15-29)30-16-21(3)32-17-24-11-8-20(2)12-26(24)18-32/h6-7,9-10,12,25,30-31H,3-4,8,11,13-18H2,1-2,5H3. The van der Waals surface area contributed by atoms with Crippen molar-refractivity contribution >= 4 is 5.70 Å². The average Bonchev–Trinajstić information content (AvgIpc) is 3.39. The first-order chi connectivity index (χ1) is 15.3. The Kier molecular flexibility index (Phi) is 5.31. The zero-order valence-electron chi connectivity index (χ0n) is 20.0. The molecule has 3 aliphatic carbocycles. The van der Waals surface area contributed by atoms with Crippen LogP contribution in [0.2, 0.25) is 0 Å². The molecule has 1 aromatic carbocycles. The summed E-state index contributed by atoms with van der Waals surface area (Å²) >= 11 is 0. The molecule has 1 aliphatic heterocycles. The SMILES string of the molecule is C=C(NC1(C)CC(NCC(=C)N2CC3=C(CCC(C)=C3)C2)=C2CC2C1)c1ccc(C)cc1. The topological polar surface area (TPSA) is 27.3 Å². The first-order valence-corrected chi connectivity index (χ1v) is 12.1. The van der Waals surface area contributed by atoms with Gasteiger partial charge in [0.1, 0.15) is 0 Å². The molecule has 2 atom stereocenters. The van der Waals surface area contributed by atoms with Gasteiger partial charge in [0, 0.05) is 42.1 Å². The second-order valence-electron chi connectivity index (χ2n) is 10.7. The fourth-order valence-corrected chi connectivity index (χ4v) is 5.71. The Morgan fingerprint density at radius 2 is 1.91 bits per heavy atom. The normalized spacial score (nSPS) is 26.4. The maximum atomic E-state index is 4.43. The van der Waals surface area contributed by atoms with Crippen LogP contribution in [0.4, 0.5) is 0 Å². The predicted octanol–water partition coefficient (Wildman–Crippen LogP) is 5.84. The maximum Gasteiger partial charge on any atom is 0.0541 e. The molecule has 168 valence electrons. The van der Waals surface area contributed by atoms with E-state index in [9.17, 15) is 0 Å². The van der Waals surface area contributed by atoms with Crippen LogP contribution in [0, 0.1) is 12.8 Å². The summed E-state index contributed by atoms with van der Waals surface area (Å²) in [6.45, 7) is 18.4. The van der Waals surface area contributed by atoms with E-state index in [0.717, 1.165) is 37.7 Å². The number of hydrogen-bond donors (Lipinski definition) is 2. The number of hydrogen-bond acceptors (Lipinski definition) is 3. The first-order valence-electron chi connectivity index (χ1n) is 12.1. The van der Waals surface area contributed by atoms with Gasteiger partial charge in [0.2, 0.25) is 0 Å². The van der Waals surface area contributed by atoms with E-state index in [-0.39, 0.29) is 5.54 Å². The molecule has 2 unspecified atom stereocenters. The lowest BCUT2D eigenvalue weighted by Gasteiger charge is -2.37. The minimum Gasteiger partial charge on any atom is -0.383 e. The minimum absolute atomic E-state index is 0.0346. The van der Waals surface area contributed by atoms with Gasteiger partial charge in [-0.2, -0.15) is 0 Å². The zero-order valence-corrected chi connectivity index (χ0v) is 20.0. The number of aryl methyl sites for hydroxylation is 1. The van der Waals surface area contributed by atoms with Crippen molar-refractivity contribution in [1.82, 2.24) is 15.5 Å². The number of allylic oxidation sites excluding steroid dienone is 2. The van der Waals surface area contributed by atoms with Crippen molar-refractivity contribution in [2.45, 2.75) is 58.4 Å². The Balaban J connectivity index is 1.18. The highest BCUT2D eigenvalue weighted by molar-refractivity contribution is 5.62. The molecule has 0 saturated heterocycles. The molecule has 4 aliphatic rings. The van der Waals surface area contributed by atoms with Crippen LogP contribution >= 0.6 is 0 Å². The molecule has 0 spiro atoms. The van der Waals surface area contributed by atoms with E-state index >= 15 is 0 Å². The van der Waals surface area contributed by atoms with Gasteiger partial charge in [0.25, 0.3) is 0 Å². The van der Waals surface area contributed by atoms with Crippen molar-refractivity contribution in [2.75, 3.05) is 19.6 Å². The molecule has 1 fully saturated rings. The lowest BCUT2D eigenvalue weighted by atomic mass is 9.84. The van der Waals surface area contributed by atoms with Crippen LogP contribution in [0.25, 0.3) is 5.70 Å². The third-order valence-electron chi connectivity index (χ3n) is 7.70. The molecule has 1 heterocycles. The number of rotatable bonds is 7. The highest BCUT2D eigenvalue weighted by Gasteiger charge is 2.45. The highest BCUT2D eigenvalue weighted by Crippen LogP contribution is 2.51.